The summed E-state index contributed by atoms with van der Waals surface area (Å²) in [5.74, 6) is 3.45. The number of thioether (sulfide) groups is 1. The lowest BCUT2D eigenvalue weighted by Gasteiger charge is -2.18. The Bertz CT molecular complexity index is 370. The van der Waals surface area contributed by atoms with Crippen molar-refractivity contribution >= 4 is 11.8 Å². The molecule has 0 saturated carbocycles. The van der Waals surface area contributed by atoms with E-state index in [0.717, 1.165) is 31.0 Å². The molecule has 2 N–H and O–H groups in total. The zero-order valence-electron chi connectivity index (χ0n) is 9.43. The fourth-order valence-electron chi connectivity index (χ4n) is 2.43. The highest BCUT2D eigenvalue weighted by Gasteiger charge is 2.24. The fraction of sp³-hybridized carbons (Fsp3) is 0.818. The Morgan fingerprint density at radius 1 is 1.31 bits per heavy atom. The number of rotatable bonds is 1. The number of aryl methyl sites for hydroxylation is 1. The van der Waals surface area contributed by atoms with Gasteiger partial charge in [0.15, 0.2) is 5.82 Å². The van der Waals surface area contributed by atoms with Crippen LogP contribution in [-0.4, -0.2) is 26.6 Å². The first-order valence-electron chi connectivity index (χ1n) is 6.14. The molecule has 16 heavy (non-hydrogen) atoms. The third-order valence-corrected chi connectivity index (χ3v) is 4.75. The largest absolute Gasteiger partial charge is 0.326 e. The maximum absolute atomic E-state index is 5.94. The molecular weight excluding hydrogens is 220 g/mol. The van der Waals surface area contributed by atoms with E-state index < -0.39 is 0 Å². The Balaban J connectivity index is 1.80. The first-order chi connectivity index (χ1) is 7.83. The van der Waals surface area contributed by atoms with Crippen LogP contribution in [0, 0.1) is 0 Å². The smallest absolute Gasteiger partial charge is 0.163 e. The summed E-state index contributed by atoms with van der Waals surface area (Å²) in [5.41, 5.74) is 5.94. The molecule has 0 aromatic carbocycles. The third-order valence-electron chi connectivity index (χ3n) is 3.38. The van der Waals surface area contributed by atoms with E-state index in [0.29, 0.717) is 5.25 Å². The van der Waals surface area contributed by atoms with Crippen LogP contribution in [-0.2, 0) is 13.0 Å². The third kappa shape index (κ3) is 1.98. The van der Waals surface area contributed by atoms with E-state index >= 15 is 0 Å². The summed E-state index contributed by atoms with van der Waals surface area (Å²) in [6.45, 7) is 0.847. The van der Waals surface area contributed by atoms with Crippen LogP contribution in [0.4, 0.5) is 0 Å². The molecule has 2 atom stereocenters. The molecule has 0 aliphatic carbocycles. The monoisotopic (exact) mass is 238 g/mol. The molecule has 0 amide bonds. The van der Waals surface area contributed by atoms with E-state index in [1.54, 1.807) is 0 Å². The summed E-state index contributed by atoms with van der Waals surface area (Å²) in [4.78, 5) is 4.68. The number of aromatic nitrogens is 3. The van der Waals surface area contributed by atoms with Gasteiger partial charge in [-0.2, -0.15) is 16.9 Å². The lowest BCUT2D eigenvalue weighted by atomic mass is 10.1. The van der Waals surface area contributed by atoms with Crippen LogP contribution >= 0.6 is 11.8 Å². The first kappa shape index (κ1) is 10.6. The van der Waals surface area contributed by atoms with E-state index in [4.69, 9.17) is 5.73 Å². The molecule has 5 heteroatoms. The van der Waals surface area contributed by atoms with Crippen LogP contribution in [0.5, 0.6) is 0 Å². The van der Waals surface area contributed by atoms with E-state index in [1.165, 1.54) is 25.0 Å². The summed E-state index contributed by atoms with van der Waals surface area (Å²) in [6.07, 6.45) is 5.95. The summed E-state index contributed by atoms with van der Waals surface area (Å²) in [7, 11) is 0. The van der Waals surface area contributed by atoms with Gasteiger partial charge in [-0.05, 0) is 25.0 Å². The molecule has 3 heterocycles. The van der Waals surface area contributed by atoms with E-state index in [9.17, 15) is 0 Å². The van der Waals surface area contributed by atoms with Crippen LogP contribution in [0.1, 0.15) is 42.6 Å². The average molecular weight is 238 g/mol. The molecule has 1 aromatic heterocycles. The topological polar surface area (TPSA) is 56.7 Å². The quantitative estimate of drug-likeness (QED) is 0.805. The zero-order valence-corrected chi connectivity index (χ0v) is 10.2. The SMILES string of the molecule is NC1CCc2nc(C3CCCCS3)nn2C1. The van der Waals surface area contributed by atoms with Gasteiger partial charge in [-0.1, -0.05) is 6.42 Å². The van der Waals surface area contributed by atoms with E-state index in [2.05, 4.69) is 10.1 Å². The molecule has 1 aromatic rings. The Morgan fingerprint density at radius 3 is 3.06 bits per heavy atom. The molecule has 2 aliphatic heterocycles. The van der Waals surface area contributed by atoms with Gasteiger partial charge in [0.25, 0.3) is 0 Å². The Kier molecular flexibility index (Phi) is 2.90. The zero-order chi connectivity index (χ0) is 11.0. The Morgan fingerprint density at radius 2 is 2.25 bits per heavy atom. The van der Waals surface area contributed by atoms with Gasteiger partial charge in [0.2, 0.25) is 0 Å². The minimum absolute atomic E-state index is 0.265. The highest BCUT2D eigenvalue weighted by atomic mass is 32.2. The van der Waals surface area contributed by atoms with Gasteiger partial charge in [0, 0.05) is 12.5 Å². The molecule has 2 unspecified atom stereocenters. The molecule has 0 spiro atoms. The molecule has 1 saturated heterocycles. The van der Waals surface area contributed by atoms with Crippen molar-refractivity contribution in [1.29, 1.82) is 0 Å². The maximum atomic E-state index is 5.94. The lowest BCUT2D eigenvalue weighted by molar-refractivity contribution is 0.420. The first-order valence-corrected chi connectivity index (χ1v) is 7.18. The van der Waals surface area contributed by atoms with E-state index in [1.807, 2.05) is 16.4 Å². The van der Waals surface area contributed by atoms with Gasteiger partial charge in [0.05, 0.1) is 11.8 Å². The average Bonchev–Trinajstić information content (AvgIpc) is 2.73. The lowest BCUT2D eigenvalue weighted by Crippen LogP contribution is -2.32. The second-order valence-electron chi connectivity index (χ2n) is 4.72. The molecule has 0 bridgehead atoms. The Labute approximate surface area is 100.0 Å². The van der Waals surface area contributed by atoms with Crippen molar-refractivity contribution in [2.45, 2.75) is 49.9 Å². The van der Waals surface area contributed by atoms with E-state index in [-0.39, 0.29) is 6.04 Å². The van der Waals surface area contributed by atoms with Gasteiger partial charge >= 0.3 is 0 Å². The summed E-state index contributed by atoms with van der Waals surface area (Å²) in [5, 5.41) is 5.16. The number of nitrogens with two attached hydrogens (primary N) is 1. The van der Waals surface area contributed by atoms with Crippen molar-refractivity contribution in [2.24, 2.45) is 5.73 Å². The van der Waals surface area contributed by atoms with Crippen LogP contribution in [0.15, 0.2) is 0 Å². The predicted octanol–water partition coefficient (Wildman–Crippen LogP) is 1.51. The van der Waals surface area contributed by atoms with Crippen LogP contribution in [0.3, 0.4) is 0 Å². The number of hydrogen-bond acceptors (Lipinski definition) is 4. The van der Waals surface area contributed by atoms with Crippen LogP contribution in [0.2, 0.25) is 0 Å². The minimum Gasteiger partial charge on any atom is -0.326 e. The fourth-order valence-corrected chi connectivity index (χ4v) is 3.67. The van der Waals surface area contributed by atoms with Crippen LogP contribution < -0.4 is 5.73 Å². The maximum Gasteiger partial charge on any atom is 0.163 e. The van der Waals surface area contributed by atoms with Crippen molar-refractivity contribution in [1.82, 2.24) is 14.8 Å². The molecule has 1 fully saturated rings. The van der Waals surface area contributed by atoms with Gasteiger partial charge in [-0.3, -0.25) is 0 Å². The highest BCUT2D eigenvalue weighted by molar-refractivity contribution is 7.99. The van der Waals surface area contributed by atoms with Gasteiger partial charge in [-0.25, -0.2) is 9.67 Å². The molecular formula is C11H18N4S. The number of hydrogen-bond donors (Lipinski definition) is 1. The van der Waals surface area contributed by atoms with Crippen molar-refractivity contribution < 1.29 is 0 Å². The van der Waals surface area contributed by atoms with Gasteiger partial charge < -0.3 is 5.73 Å². The molecule has 88 valence electrons. The summed E-state index contributed by atoms with van der Waals surface area (Å²) in [6, 6.07) is 0.265. The summed E-state index contributed by atoms with van der Waals surface area (Å²) < 4.78 is 2.03. The standard InChI is InChI=1S/C11H18N4S/c12-8-4-5-10-13-11(14-15(10)7-8)9-3-1-2-6-16-9/h8-9H,1-7,12H2. The minimum atomic E-state index is 0.265. The normalized spacial score (nSPS) is 30.1. The van der Waals surface area contributed by atoms with Crippen molar-refractivity contribution in [2.75, 3.05) is 5.75 Å². The highest BCUT2D eigenvalue weighted by Crippen LogP contribution is 2.36. The predicted molar refractivity (Wildman–Crippen MR) is 65.4 cm³/mol. The molecule has 2 aliphatic rings. The second kappa shape index (κ2) is 4.37. The molecule has 4 nitrogen and oxygen atoms in total. The molecule has 0 radical (unpaired) electrons. The van der Waals surface area contributed by atoms with Crippen molar-refractivity contribution in [3.05, 3.63) is 11.6 Å². The number of nitrogens with zero attached hydrogens (tertiary/aromatic N) is 3. The van der Waals surface area contributed by atoms with Gasteiger partial charge in [-0.15, -0.1) is 0 Å². The van der Waals surface area contributed by atoms with Crippen LogP contribution in [0.25, 0.3) is 0 Å². The van der Waals surface area contributed by atoms with Crippen molar-refractivity contribution in [3.63, 3.8) is 0 Å². The Hall–Kier alpha value is -0.550. The van der Waals surface area contributed by atoms with Crippen molar-refractivity contribution in [3.8, 4) is 0 Å². The molecule has 3 rings (SSSR count). The second-order valence-corrected chi connectivity index (χ2v) is 6.03. The summed E-state index contributed by atoms with van der Waals surface area (Å²) >= 11 is 2.01. The number of fused-ring (bicyclic) bond motifs is 1. The van der Waals surface area contributed by atoms with Gasteiger partial charge in [0.1, 0.15) is 5.82 Å².